The highest BCUT2D eigenvalue weighted by Gasteiger charge is 2.80. The van der Waals surface area contributed by atoms with Crippen molar-refractivity contribution in [3.63, 3.8) is 0 Å². The quantitative estimate of drug-likeness (QED) is 0.782. The fourth-order valence-corrected chi connectivity index (χ4v) is 6.46. The van der Waals surface area contributed by atoms with Crippen LogP contribution in [0.3, 0.4) is 0 Å². The molecule has 112 valence electrons. The number of amides is 1. The zero-order chi connectivity index (χ0) is 14.1. The second kappa shape index (κ2) is 4.02. The van der Waals surface area contributed by atoms with Gasteiger partial charge in [0.15, 0.2) is 0 Å². The Morgan fingerprint density at radius 2 is 2.15 bits per heavy atom. The van der Waals surface area contributed by atoms with E-state index in [1.165, 1.54) is 0 Å². The van der Waals surface area contributed by atoms with Crippen LogP contribution in [0.15, 0.2) is 0 Å². The van der Waals surface area contributed by atoms with Crippen molar-refractivity contribution in [2.24, 2.45) is 11.3 Å². The van der Waals surface area contributed by atoms with Gasteiger partial charge in [-0.3, -0.25) is 9.00 Å². The maximum absolute atomic E-state index is 14.0. The van der Waals surface area contributed by atoms with Crippen LogP contribution in [0.5, 0.6) is 0 Å². The Hall–Kier alpha value is -0.520. The smallest absolute Gasteiger partial charge is 0.258 e. The van der Waals surface area contributed by atoms with E-state index in [1.54, 1.807) is 4.90 Å². The molecule has 4 fully saturated rings. The summed E-state index contributed by atoms with van der Waals surface area (Å²) in [6, 6.07) is 0.0409. The molecule has 2 bridgehead atoms. The summed E-state index contributed by atoms with van der Waals surface area (Å²) >= 11 is 0. The molecule has 0 aromatic carbocycles. The Morgan fingerprint density at radius 3 is 2.75 bits per heavy atom. The molecule has 0 radical (unpaired) electrons. The van der Waals surface area contributed by atoms with Crippen molar-refractivity contribution in [1.82, 2.24) is 4.90 Å². The number of fused-ring (bicyclic) bond motifs is 3. The number of alkyl halides is 2. The summed E-state index contributed by atoms with van der Waals surface area (Å²) < 4.78 is 39.7. The summed E-state index contributed by atoms with van der Waals surface area (Å²) in [5.41, 5.74) is -1.04. The van der Waals surface area contributed by atoms with E-state index >= 15 is 0 Å². The van der Waals surface area contributed by atoms with E-state index in [2.05, 4.69) is 0 Å². The van der Waals surface area contributed by atoms with Crippen LogP contribution >= 0.6 is 0 Å². The van der Waals surface area contributed by atoms with Gasteiger partial charge < -0.3 is 4.90 Å². The first-order chi connectivity index (χ1) is 9.46. The van der Waals surface area contributed by atoms with Crippen molar-refractivity contribution >= 4 is 16.7 Å². The second-order valence-corrected chi connectivity index (χ2v) is 8.62. The van der Waals surface area contributed by atoms with Gasteiger partial charge in [-0.2, -0.15) is 0 Å². The van der Waals surface area contributed by atoms with Crippen LogP contribution in [-0.2, 0) is 15.6 Å². The molecule has 4 rings (SSSR count). The highest BCUT2D eigenvalue weighted by Crippen LogP contribution is 2.74. The Morgan fingerprint density at radius 1 is 1.35 bits per heavy atom. The third kappa shape index (κ3) is 1.54. The lowest BCUT2D eigenvalue weighted by Crippen LogP contribution is -2.43. The summed E-state index contributed by atoms with van der Waals surface area (Å²) in [6.45, 7) is 0.516. The molecule has 2 aliphatic heterocycles. The zero-order valence-corrected chi connectivity index (χ0v) is 12.1. The number of likely N-dealkylation sites (tertiary alicyclic amines) is 1. The number of rotatable bonds is 2. The highest BCUT2D eigenvalue weighted by molar-refractivity contribution is 7.86. The van der Waals surface area contributed by atoms with Crippen molar-refractivity contribution in [3.05, 3.63) is 0 Å². The average Bonchev–Trinajstić information content (AvgIpc) is 2.78. The molecule has 3 nitrogen and oxygen atoms in total. The summed E-state index contributed by atoms with van der Waals surface area (Å²) in [5, 5.41) is 0.0864. The molecule has 0 spiro atoms. The standard InChI is InChI=1S/C14H19F2NO2S/c15-14(16)11-3-1-2-4-13(11,14)6-12(18)17-7-10-5-9(17)8-20(10)19/h9-11H,1-8H2/t9-,10-,11?,13?,20?/m0/s1. The third-order valence-electron chi connectivity index (χ3n) is 5.94. The molecule has 2 heterocycles. The molecule has 20 heavy (non-hydrogen) atoms. The summed E-state index contributed by atoms with van der Waals surface area (Å²) in [4.78, 5) is 14.2. The van der Waals surface area contributed by atoms with Crippen molar-refractivity contribution in [2.75, 3.05) is 12.3 Å². The van der Waals surface area contributed by atoms with Gasteiger partial charge in [-0.05, 0) is 19.3 Å². The first-order valence-electron chi connectivity index (χ1n) is 7.50. The van der Waals surface area contributed by atoms with Gasteiger partial charge in [0.2, 0.25) is 5.91 Å². The van der Waals surface area contributed by atoms with Crippen LogP contribution in [-0.4, -0.2) is 44.5 Å². The van der Waals surface area contributed by atoms with Crippen LogP contribution in [0.2, 0.25) is 0 Å². The van der Waals surface area contributed by atoms with Gasteiger partial charge >= 0.3 is 0 Å². The van der Waals surface area contributed by atoms with Crippen LogP contribution < -0.4 is 0 Å². The number of carbonyl (C=O) groups excluding carboxylic acids is 1. The fraction of sp³-hybridized carbons (Fsp3) is 0.929. The largest absolute Gasteiger partial charge is 0.338 e. The monoisotopic (exact) mass is 303 g/mol. The van der Waals surface area contributed by atoms with Crippen LogP contribution in [0.1, 0.15) is 38.5 Å². The molecule has 3 unspecified atom stereocenters. The topological polar surface area (TPSA) is 37.4 Å². The van der Waals surface area contributed by atoms with Crippen molar-refractivity contribution in [2.45, 2.75) is 55.7 Å². The van der Waals surface area contributed by atoms with Gasteiger partial charge in [0.05, 0.1) is 10.7 Å². The average molecular weight is 303 g/mol. The number of hydrogen-bond acceptors (Lipinski definition) is 2. The maximum Gasteiger partial charge on any atom is 0.258 e. The fourth-order valence-electron chi connectivity index (χ4n) is 4.73. The van der Waals surface area contributed by atoms with Crippen molar-refractivity contribution in [3.8, 4) is 0 Å². The van der Waals surface area contributed by atoms with E-state index in [-0.39, 0.29) is 23.6 Å². The minimum Gasteiger partial charge on any atom is -0.338 e. The summed E-state index contributed by atoms with van der Waals surface area (Å²) in [7, 11) is -0.812. The highest BCUT2D eigenvalue weighted by atomic mass is 32.2. The molecule has 0 N–H and O–H groups in total. The molecule has 4 aliphatic rings. The molecular formula is C14H19F2NO2S. The van der Waals surface area contributed by atoms with Gasteiger partial charge in [-0.1, -0.05) is 12.8 Å². The Labute approximate surface area is 119 Å². The predicted molar refractivity (Wildman–Crippen MR) is 70.9 cm³/mol. The lowest BCUT2D eigenvalue weighted by molar-refractivity contribution is -0.134. The lowest BCUT2D eigenvalue weighted by atomic mass is 9.85. The van der Waals surface area contributed by atoms with Gasteiger partial charge in [0, 0.05) is 41.5 Å². The zero-order valence-electron chi connectivity index (χ0n) is 11.3. The number of nitrogens with zero attached hydrogens (tertiary/aromatic N) is 1. The molecule has 2 aliphatic carbocycles. The van der Waals surface area contributed by atoms with Gasteiger partial charge in [-0.25, -0.2) is 8.78 Å². The molecule has 5 atom stereocenters. The van der Waals surface area contributed by atoms with E-state index in [0.29, 0.717) is 25.1 Å². The predicted octanol–water partition coefficient (Wildman–Crippen LogP) is 1.93. The number of carbonyl (C=O) groups is 1. The number of hydrogen-bond donors (Lipinski definition) is 0. The van der Waals surface area contributed by atoms with Gasteiger partial charge in [0.1, 0.15) is 0 Å². The van der Waals surface area contributed by atoms with Crippen molar-refractivity contribution < 1.29 is 17.8 Å². The SMILES string of the molecule is O=C(CC12CCCCC1C2(F)F)N1C[C@@H]2C[C@H]1CS2=O. The third-order valence-corrected chi connectivity index (χ3v) is 7.74. The van der Waals surface area contributed by atoms with Crippen LogP contribution in [0, 0.1) is 11.3 Å². The van der Waals surface area contributed by atoms with Crippen LogP contribution in [0.25, 0.3) is 0 Å². The Balaban J connectivity index is 1.48. The van der Waals surface area contributed by atoms with Gasteiger partial charge in [0.25, 0.3) is 5.92 Å². The van der Waals surface area contributed by atoms with E-state index in [4.69, 9.17) is 0 Å². The molecular weight excluding hydrogens is 284 g/mol. The van der Waals surface area contributed by atoms with Crippen molar-refractivity contribution in [1.29, 1.82) is 0 Å². The second-order valence-electron chi connectivity index (χ2n) is 6.86. The molecule has 1 amide bonds. The Bertz CT molecular complexity index is 498. The molecule has 2 saturated carbocycles. The van der Waals surface area contributed by atoms with Crippen LogP contribution in [0.4, 0.5) is 8.78 Å². The van der Waals surface area contributed by atoms with E-state index in [1.807, 2.05) is 0 Å². The summed E-state index contributed by atoms with van der Waals surface area (Å²) in [6.07, 6.45) is 3.53. The van der Waals surface area contributed by atoms with E-state index < -0.39 is 28.1 Å². The van der Waals surface area contributed by atoms with E-state index in [9.17, 15) is 17.8 Å². The first kappa shape index (κ1) is 13.2. The molecule has 0 aromatic heterocycles. The van der Waals surface area contributed by atoms with E-state index in [0.717, 1.165) is 19.3 Å². The number of halogens is 2. The molecule has 2 saturated heterocycles. The molecule has 6 heteroatoms. The minimum absolute atomic E-state index is 0.000517. The first-order valence-corrected chi connectivity index (χ1v) is 8.88. The normalized spacial score (nSPS) is 48.2. The summed E-state index contributed by atoms with van der Waals surface area (Å²) in [5.74, 6) is -2.79. The molecule has 0 aromatic rings. The minimum atomic E-state index is -2.64. The lowest BCUT2D eigenvalue weighted by Gasteiger charge is -2.29. The van der Waals surface area contributed by atoms with Gasteiger partial charge in [-0.15, -0.1) is 0 Å². The Kier molecular flexibility index (Phi) is 2.65. The maximum atomic E-state index is 14.0.